The van der Waals surface area contributed by atoms with E-state index in [1.54, 1.807) is 30.2 Å². The molecule has 0 radical (unpaired) electrons. The first-order chi connectivity index (χ1) is 21.2. The third-order valence-electron chi connectivity index (χ3n) is 9.41. The van der Waals surface area contributed by atoms with Gasteiger partial charge in [-0.1, -0.05) is 60.3 Å². The summed E-state index contributed by atoms with van der Waals surface area (Å²) in [4.78, 5) is 42.9. The van der Waals surface area contributed by atoms with Crippen molar-refractivity contribution in [3.05, 3.63) is 75.4 Å². The van der Waals surface area contributed by atoms with Crippen LogP contribution in [0.5, 0.6) is 5.75 Å². The first-order valence-electron chi connectivity index (χ1n) is 15.3. The van der Waals surface area contributed by atoms with Gasteiger partial charge in [0, 0.05) is 34.6 Å². The maximum atomic E-state index is 14.3. The van der Waals surface area contributed by atoms with E-state index in [1.807, 2.05) is 37.3 Å². The maximum Gasteiger partial charge on any atom is 0.320 e. The number of carbonyl (C=O) groups is 3. The fourth-order valence-corrected chi connectivity index (χ4v) is 7.54. The van der Waals surface area contributed by atoms with E-state index in [0.717, 1.165) is 37.0 Å². The van der Waals surface area contributed by atoms with Crippen molar-refractivity contribution in [3.8, 4) is 5.75 Å². The smallest absolute Gasteiger partial charge is 0.320 e. The van der Waals surface area contributed by atoms with Crippen molar-refractivity contribution in [1.29, 1.82) is 0 Å². The average Bonchev–Trinajstić information content (AvgIpc) is 3.56. The van der Waals surface area contributed by atoms with Crippen molar-refractivity contribution in [2.45, 2.75) is 70.6 Å². The van der Waals surface area contributed by atoms with Gasteiger partial charge in [-0.2, -0.15) is 0 Å². The molecule has 1 saturated carbocycles. The van der Waals surface area contributed by atoms with Crippen LogP contribution in [0.15, 0.2) is 54.2 Å². The van der Waals surface area contributed by atoms with E-state index in [1.165, 1.54) is 7.11 Å². The second-order valence-corrected chi connectivity index (χ2v) is 12.8. The van der Waals surface area contributed by atoms with Crippen molar-refractivity contribution in [3.63, 3.8) is 0 Å². The Balaban J connectivity index is 1.45. The molecule has 1 N–H and O–H groups in total. The number of hydrogen-bond donors (Lipinski definition) is 1. The third kappa shape index (κ3) is 6.49. The van der Waals surface area contributed by atoms with E-state index in [0.29, 0.717) is 40.2 Å². The number of nitrogens with zero attached hydrogens (tertiary/aromatic N) is 1. The monoisotopic (exact) mass is 642 g/mol. The van der Waals surface area contributed by atoms with E-state index >= 15 is 0 Å². The van der Waals surface area contributed by atoms with Crippen LogP contribution in [-0.4, -0.2) is 55.7 Å². The summed E-state index contributed by atoms with van der Waals surface area (Å²) >= 11 is 12.7. The minimum atomic E-state index is -1.26. The zero-order chi connectivity index (χ0) is 31.4. The van der Waals surface area contributed by atoms with Crippen molar-refractivity contribution >= 4 is 41.0 Å². The molecule has 236 valence electrons. The Hall–Kier alpha value is -3.07. The number of ether oxygens (including phenoxy) is 3. The Morgan fingerprint density at radius 1 is 1.09 bits per heavy atom. The second kappa shape index (κ2) is 13.9. The molecule has 0 unspecified atom stereocenters. The number of carbonyl (C=O) groups excluding carboxylic acids is 3. The molecule has 3 aliphatic rings. The predicted octanol–water partition coefficient (Wildman–Crippen LogP) is 6.12. The van der Waals surface area contributed by atoms with Gasteiger partial charge in [-0.15, -0.1) is 0 Å². The molecule has 10 heteroatoms. The van der Waals surface area contributed by atoms with Gasteiger partial charge in [0.1, 0.15) is 11.2 Å². The highest BCUT2D eigenvalue weighted by Gasteiger charge is 2.60. The summed E-state index contributed by atoms with van der Waals surface area (Å²) in [5.74, 6) is -0.713. The lowest BCUT2D eigenvalue weighted by atomic mass is 9.66. The number of nitrogens with one attached hydrogen (secondary N) is 1. The minimum absolute atomic E-state index is 0.0829. The number of halogens is 2. The van der Waals surface area contributed by atoms with Crippen LogP contribution in [0.3, 0.4) is 0 Å². The van der Waals surface area contributed by atoms with Gasteiger partial charge < -0.3 is 24.4 Å². The van der Waals surface area contributed by atoms with E-state index < -0.39 is 23.4 Å². The minimum Gasteiger partial charge on any atom is -0.496 e. The molecule has 2 aromatic rings. The van der Waals surface area contributed by atoms with E-state index in [4.69, 9.17) is 37.4 Å². The van der Waals surface area contributed by atoms with Crippen molar-refractivity contribution < 1.29 is 28.6 Å². The second-order valence-electron chi connectivity index (χ2n) is 12.0. The number of benzene rings is 2. The molecule has 5 rings (SSSR count). The first-order valence-corrected chi connectivity index (χ1v) is 16.0. The highest BCUT2D eigenvalue weighted by Crippen LogP contribution is 2.52. The Kier molecular flexibility index (Phi) is 10.2. The highest BCUT2D eigenvalue weighted by atomic mass is 35.5. The summed E-state index contributed by atoms with van der Waals surface area (Å²) in [5.41, 5.74) is 0.963. The van der Waals surface area contributed by atoms with Gasteiger partial charge in [0.2, 0.25) is 11.8 Å². The predicted molar refractivity (Wildman–Crippen MR) is 168 cm³/mol. The molecular formula is C34H40Cl2N2O6. The molecule has 1 saturated heterocycles. The Labute approximate surface area is 269 Å². The lowest BCUT2D eigenvalue weighted by Crippen LogP contribution is -2.60. The number of esters is 1. The summed E-state index contributed by atoms with van der Waals surface area (Å²) in [7, 11) is 2.96. The molecule has 2 fully saturated rings. The van der Waals surface area contributed by atoms with Crippen LogP contribution in [0.1, 0.15) is 56.6 Å². The van der Waals surface area contributed by atoms with Crippen LogP contribution < -0.4 is 10.1 Å². The largest absolute Gasteiger partial charge is 0.496 e. The number of amides is 2. The molecule has 2 aromatic carbocycles. The standard InChI is InChI=1S/C34H40Cl2N2O6/c1-21-34(33(41)43-3)19-25(16-31(39)37-15-14-23-10-6-7-11-28(23)42-2)32(40)38(20-24-12-13-26(35)17-27(24)36)30(34)18-29(44-21)22-8-4-5-9-22/h6-7,10-13,17-18,21-22,25,29H,4-5,8-9,14-16,19-20H2,1-3H3,(H,37,39)/t21-,25+,29-,34+/m1/s1. The lowest BCUT2D eigenvalue weighted by Gasteiger charge is -2.52. The summed E-state index contributed by atoms with van der Waals surface area (Å²) < 4.78 is 17.4. The van der Waals surface area contributed by atoms with Gasteiger partial charge in [-0.3, -0.25) is 14.4 Å². The Morgan fingerprint density at radius 3 is 2.55 bits per heavy atom. The SMILES string of the molecule is COC(=O)[C@]12C[C@H](CC(=O)NCCc3ccccc3OC)C(=O)N(Cc3ccc(Cl)cc3Cl)C1=C[C@H](C1CCCC1)O[C@@H]2C. The van der Waals surface area contributed by atoms with Crippen LogP contribution >= 0.6 is 23.2 Å². The Morgan fingerprint density at radius 2 is 1.84 bits per heavy atom. The molecular weight excluding hydrogens is 603 g/mol. The quantitative estimate of drug-likeness (QED) is 0.314. The number of piperidine rings is 1. The van der Waals surface area contributed by atoms with Crippen molar-refractivity contribution in [2.24, 2.45) is 17.3 Å². The molecule has 2 aliphatic heterocycles. The van der Waals surface area contributed by atoms with E-state index in [9.17, 15) is 14.4 Å². The van der Waals surface area contributed by atoms with Crippen molar-refractivity contribution in [1.82, 2.24) is 10.2 Å². The molecule has 44 heavy (non-hydrogen) atoms. The number of methoxy groups -OCH3 is 2. The molecule has 2 amide bonds. The fourth-order valence-electron chi connectivity index (χ4n) is 7.07. The summed E-state index contributed by atoms with van der Waals surface area (Å²) in [6.07, 6.45) is 6.05. The average molecular weight is 644 g/mol. The zero-order valence-electron chi connectivity index (χ0n) is 25.4. The van der Waals surface area contributed by atoms with Crippen LogP contribution in [0.25, 0.3) is 0 Å². The molecule has 0 bridgehead atoms. The van der Waals surface area contributed by atoms with Crippen LogP contribution in [0.4, 0.5) is 0 Å². The molecule has 0 spiro atoms. The van der Waals surface area contributed by atoms with Gasteiger partial charge in [0.15, 0.2) is 0 Å². The third-order valence-corrected chi connectivity index (χ3v) is 9.99. The molecule has 2 heterocycles. The lowest BCUT2D eigenvalue weighted by molar-refractivity contribution is -0.178. The number of fused-ring (bicyclic) bond motifs is 1. The normalized spacial score (nSPS) is 25.3. The maximum absolute atomic E-state index is 14.3. The van der Waals surface area contributed by atoms with Gasteiger partial charge in [0.05, 0.1) is 33.0 Å². The van der Waals surface area contributed by atoms with Gasteiger partial charge in [0.25, 0.3) is 0 Å². The molecule has 1 aliphatic carbocycles. The summed E-state index contributed by atoms with van der Waals surface area (Å²) in [6, 6.07) is 12.8. The van der Waals surface area contributed by atoms with E-state index in [2.05, 4.69) is 5.32 Å². The van der Waals surface area contributed by atoms with Gasteiger partial charge in [-0.25, -0.2) is 0 Å². The van der Waals surface area contributed by atoms with Gasteiger partial charge >= 0.3 is 5.97 Å². The number of para-hydroxylation sites is 1. The fraction of sp³-hybridized carbons (Fsp3) is 0.500. The first kappa shape index (κ1) is 32.3. The zero-order valence-corrected chi connectivity index (χ0v) is 27.0. The van der Waals surface area contributed by atoms with Crippen LogP contribution in [-0.2, 0) is 36.8 Å². The van der Waals surface area contributed by atoms with Crippen LogP contribution in [0, 0.1) is 17.3 Å². The molecule has 4 atom stereocenters. The topological polar surface area (TPSA) is 94.2 Å². The van der Waals surface area contributed by atoms with E-state index in [-0.39, 0.29) is 37.3 Å². The number of hydrogen-bond acceptors (Lipinski definition) is 6. The number of likely N-dealkylation sites (tertiary alicyclic amines) is 1. The molecule has 8 nitrogen and oxygen atoms in total. The number of rotatable bonds is 10. The van der Waals surface area contributed by atoms with Crippen molar-refractivity contribution in [2.75, 3.05) is 20.8 Å². The Bertz CT molecular complexity index is 1420. The molecule has 0 aromatic heterocycles. The highest BCUT2D eigenvalue weighted by molar-refractivity contribution is 6.35. The summed E-state index contributed by atoms with van der Waals surface area (Å²) in [6.45, 7) is 2.37. The van der Waals surface area contributed by atoms with Crippen LogP contribution in [0.2, 0.25) is 10.0 Å². The van der Waals surface area contributed by atoms with Gasteiger partial charge in [-0.05, 0) is 73.9 Å². The summed E-state index contributed by atoms with van der Waals surface area (Å²) in [5, 5.41) is 3.85.